The van der Waals surface area contributed by atoms with Crippen molar-refractivity contribution in [1.82, 2.24) is 0 Å². The second kappa shape index (κ2) is 4.93. The minimum atomic E-state index is -1.53. The Bertz CT molecular complexity index is 327. The lowest BCUT2D eigenvalue weighted by molar-refractivity contribution is 0.0906. The van der Waals surface area contributed by atoms with E-state index in [2.05, 4.69) is 46.5 Å². The highest BCUT2D eigenvalue weighted by atomic mass is 28.3. The van der Waals surface area contributed by atoms with E-state index < -0.39 is 14.2 Å². The second-order valence-corrected chi connectivity index (χ2v) is 11.7. The number of rotatable bonds is 5. The predicted molar refractivity (Wildman–Crippen MR) is 71.4 cm³/mol. The third-order valence-corrected chi connectivity index (χ3v) is 9.74. The van der Waals surface area contributed by atoms with Crippen LogP contribution in [-0.4, -0.2) is 32.6 Å². The minimum Gasteiger partial charge on any atom is -0.369 e. The molecule has 1 aliphatic rings. The molecule has 1 aliphatic heterocycles. The van der Waals surface area contributed by atoms with Gasteiger partial charge in [0.1, 0.15) is 6.10 Å². The van der Waals surface area contributed by atoms with E-state index in [1.54, 1.807) is 6.08 Å². The summed E-state index contributed by atoms with van der Waals surface area (Å²) < 4.78 is 11.2. The molecule has 0 aromatic rings. The Morgan fingerprint density at radius 1 is 1.53 bits per heavy atom. The van der Waals surface area contributed by atoms with E-state index in [-0.39, 0.29) is 16.9 Å². The van der Waals surface area contributed by atoms with Gasteiger partial charge in [-0.2, -0.15) is 5.26 Å². The predicted octanol–water partition coefficient (Wildman–Crippen LogP) is 2.90. The van der Waals surface area contributed by atoms with E-state index in [9.17, 15) is 0 Å². The van der Waals surface area contributed by atoms with Gasteiger partial charge in [0, 0.05) is 0 Å². The molecule has 0 aromatic carbocycles. The van der Waals surface area contributed by atoms with Gasteiger partial charge in [0.2, 0.25) is 0 Å². The molecule has 1 heterocycles. The highest BCUT2D eigenvalue weighted by Crippen LogP contribution is 2.47. The van der Waals surface area contributed by atoms with E-state index in [1.807, 2.05) is 0 Å². The van der Waals surface area contributed by atoms with Gasteiger partial charge in [-0.25, -0.2) is 0 Å². The minimum absolute atomic E-state index is 0.0409. The molecule has 0 amide bonds. The average Bonchev–Trinajstić information content (AvgIpc) is 2.98. The number of nitrogens with zero attached hydrogens (tertiary/aromatic N) is 1. The average molecular weight is 253 g/mol. The Hall–Kier alpha value is -0.633. The molecule has 0 aliphatic carbocycles. The monoisotopic (exact) mass is 253 g/mol. The first-order valence-corrected chi connectivity index (χ1v) is 9.11. The van der Waals surface area contributed by atoms with Gasteiger partial charge in [0.05, 0.1) is 26.5 Å². The van der Waals surface area contributed by atoms with Crippen LogP contribution in [0.2, 0.25) is 18.1 Å². The molecule has 0 spiro atoms. The molecule has 3 nitrogen and oxygen atoms in total. The normalized spacial score (nSPS) is 26.1. The van der Waals surface area contributed by atoms with Gasteiger partial charge in [-0.1, -0.05) is 39.9 Å². The zero-order valence-electron chi connectivity index (χ0n) is 11.5. The van der Waals surface area contributed by atoms with Crippen LogP contribution < -0.4 is 0 Å². The van der Waals surface area contributed by atoms with Gasteiger partial charge < -0.3 is 9.47 Å². The Kier molecular flexibility index (Phi) is 4.18. The van der Waals surface area contributed by atoms with Gasteiger partial charge in [-0.15, -0.1) is 6.58 Å². The summed E-state index contributed by atoms with van der Waals surface area (Å²) in [7, 11) is -1.53. The summed E-state index contributed by atoms with van der Waals surface area (Å²) in [5.41, 5.74) is 0.233. The van der Waals surface area contributed by atoms with Crippen molar-refractivity contribution >= 4 is 8.07 Å². The van der Waals surface area contributed by atoms with Crippen LogP contribution in [0, 0.1) is 11.3 Å². The lowest BCUT2D eigenvalue weighted by Gasteiger charge is -2.35. The van der Waals surface area contributed by atoms with E-state index in [0.29, 0.717) is 6.61 Å². The van der Waals surface area contributed by atoms with Crippen molar-refractivity contribution in [2.45, 2.75) is 56.8 Å². The highest BCUT2D eigenvalue weighted by molar-refractivity contribution is 6.82. The zero-order chi connectivity index (χ0) is 13.3. The number of ether oxygens (including phenoxy) is 2. The first-order chi connectivity index (χ1) is 7.75. The van der Waals surface area contributed by atoms with E-state index in [1.165, 1.54) is 0 Å². The summed E-state index contributed by atoms with van der Waals surface area (Å²) in [6.45, 7) is 15.4. The summed E-state index contributed by atoms with van der Waals surface area (Å²) in [6.07, 6.45) is 1.17. The molecule has 0 N–H and O–H groups in total. The number of hydrogen-bond acceptors (Lipinski definition) is 3. The number of epoxide rings is 1. The van der Waals surface area contributed by atoms with Crippen molar-refractivity contribution < 1.29 is 9.47 Å². The second-order valence-electron chi connectivity index (χ2n) is 6.16. The summed E-state index contributed by atoms with van der Waals surface area (Å²) >= 11 is 0. The lowest BCUT2D eigenvalue weighted by Crippen LogP contribution is -2.45. The molecule has 3 atom stereocenters. The summed E-state index contributed by atoms with van der Waals surface area (Å²) in [5.74, 6) is 0. The van der Waals surface area contributed by atoms with Crippen LogP contribution in [0.1, 0.15) is 20.8 Å². The van der Waals surface area contributed by atoms with Crippen molar-refractivity contribution in [2.24, 2.45) is 0 Å². The maximum atomic E-state index is 9.08. The molecule has 1 saturated heterocycles. The fourth-order valence-electron chi connectivity index (χ4n) is 1.74. The van der Waals surface area contributed by atoms with E-state index in [0.717, 1.165) is 0 Å². The third kappa shape index (κ3) is 2.98. The summed E-state index contributed by atoms with van der Waals surface area (Å²) in [5, 5.41) is 9.34. The molecule has 0 aromatic heterocycles. The zero-order valence-corrected chi connectivity index (χ0v) is 12.5. The van der Waals surface area contributed by atoms with Gasteiger partial charge >= 0.3 is 0 Å². The molecular formula is C13H23NO2Si. The first kappa shape index (κ1) is 14.4. The van der Waals surface area contributed by atoms with Crippen LogP contribution in [0.3, 0.4) is 0 Å². The quantitative estimate of drug-likeness (QED) is 0.430. The molecule has 1 rings (SSSR count). The molecule has 3 unspecified atom stereocenters. The Morgan fingerprint density at radius 2 is 2.12 bits per heavy atom. The largest absolute Gasteiger partial charge is 0.369 e. The van der Waals surface area contributed by atoms with Crippen molar-refractivity contribution in [3.63, 3.8) is 0 Å². The number of hydrogen-bond donors (Lipinski definition) is 0. The summed E-state index contributed by atoms with van der Waals surface area (Å²) in [6, 6.07) is 2.18. The molecule has 4 heteroatoms. The SMILES string of the molecule is C=CCOC(C#N)C1OC1[Si](C)(C)C(C)(C)C. The van der Waals surface area contributed by atoms with Crippen LogP contribution in [0.25, 0.3) is 0 Å². The molecule has 0 saturated carbocycles. The maximum Gasteiger partial charge on any atom is 0.172 e. The molecule has 17 heavy (non-hydrogen) atoms. The molecular weight excluding hydrogens is 230 g/mol. The number of nitriles is 1. The van der Waals surface area contributed by atoms with Gasteiger partial charge in [0.15, 0.2) is 6.10 Å². The topological polar surface area (TPSA) is 45.5 Å². The maximum absolute atomic E-state index is 9.08. The fourth-order valence-corrected chi connectivity index (χ4v) is 4.09. The third-order valence-electron chi connectivity index (χ3n) is 3.99. The van der Waals surface area contributed by atoms with Gasteiger partial charge in [-0.3, -0.25) is 0 Å². The van der Waals surface area contributed by atoms with Crippen molar-refractivity contribution in [2.75, 3.05) is 6.61 Å². The van der Waals surface area contributed by atoms with E-state index >= 15 is 0 Å². The van der Waals surface area contributed by atoms with Crippen LogP contribution >= 0.6 is 0 Å². The van der Waals surface area contributed by atoms with Crippen molar-refractivity contribution in [1.29, 1.82) is 5.26 Å². The molecule has 0 radical (unpaired) electrons. The van der Waals surface area contributed by atoms with Crippen LogP contribution in [0.5, 0.6) is 0 Å². The first-order valence-electron chi connectivity index (χ1n) is 6.03. The Labute approximate surface area is 105 Å². The highest BCUT2D eigenvalue weighted by Gasteiger charge is 2.58. The summed E-state index contributed by atoms with van der Waals surface area (Å²) in [4.78, 5) is 0. The smallest absolute Gasteiger partial charge is 0.172 e. The lowest BCUT2D eigenvalue weighted by atomic mass is 10.2. The van der Waals surface area contributed by atoms with E-state index in [4.69, 9.17) is 14.7 Å². The molecule has 0 bridgehead atoms. The van der Waals surface area contributed by atoms with Crippen LogP contribution in [-0.2, 0) is 9.47 Å². The van der Waals surface area contributed by atoms with Crippen LogP contribution in [0.15, 0.2) is 12.7 Å². The Morgan fingerprint density at radius 3 is 2.53 bits per heavy atom. The van der Waals surface area contributed by atoms with Crippen molar-refractivity contribution in [3.05, 3.63) is 12.7 Å². The van der Waals surface area contributed by atoms with Gasteiger partial charge in [0.25, 0.3) is 0 Å². The molecule has 1 fully saturated rings. The Balaban J connectivity index is 2.64. The standard InChI is InChI=1S/C13H23NO2Si/c1-7-8-15-10(9-14)11-12(16-11)17(5,6)13(2,3)4/h7,10-12H,1,8H2,2-6H3. The van der Waals surface area contributed by atoms with Crippen molar-refractivity contribution in [3.8, 4) is 6.07 Å². The molecule has 96 valence electrons. The van der Waals surface area contributed by atoms with Gasteiger partial charge in [-0.05, 0) is 5.04 Å². The van der Waals surface area contributed by atoms with Crippen LogP contribution in [0.4, 0.5) is 0 Å². The fraction of sp³-hybridized carbons (Fsp3) is 0.769.